The Kier molecular flexibility index (Phi) is 17.8. The molecule has 0 aliphatic heterocycles. The van der Waals surface area contributed by atoms with Crippen LogP contribution in [0.25, 0.3) is 33.4 Å². The lowest BCUT2D eigenvalue weighted by molar-refractivity contribution is -0.386. The maximum Gasteiger partial charge on any atom is 0.315 e. The molecule has 0 aliphatic rings. The van der Waals surface area contributed by atoms with Gasteiger partial charge in [-0.3, -0.25) is 10.1 Å². The summed E-state index contributed by atoms with van der Waals surface area (Å²) in [5.41, 5.74) is 15.9. The zero-order valence-electron chi connectivity index (χ0n) is 47.8. The number of nitro groups is 1. The Morgan fingerprint density at radius 1 is 0.506 bits per heavy atom. The van der Waals surface area contributed by atoms with E-state index in [0.29, 0.717) is 58.5 Å². The molecule has 0 heterocycles. The molecule has 5 nitrogen and oxygen atoms in total. The van der Waals surface area contributed by atoms with E-state index < -0.39 is 5.41 Å². The van der Waals surface area contributed by atoms with Crippen LogP contribution in [0.5, 0.6) is 17.2 Å². The zero-order valence-corrected chi connectivity index (χ0v) is 49.3. The molecule has 1 unspecified atom stereocenters. The number of hydrogen-bond acceptors (Lipinski definition) is 4. The predicted octanol–water partition coefficient (Wildman–Crippen LogP) is 21.1. The van der Waals surface area contributed by atoms with E-state index in [4.69, 9.17) is 32.7 Å². The first-order chi connectivity index (χ1) is 41.3. The van der Waals surface area contributed by atoms with Gasteiger partial charge in [0.15, 0.2) is 0 Å². The van der Waals surface area contributed by atoms with Crippen molar-refractivity contribution < 1.29 is 18.8 Å². The Labute approximate surface area is 508 Å². The second-order valence-electron chi connectivity index (χ2n) is 22.3. The summed E-state index contributed by atoms with van der Waals surface area (Å²) in [4.78, 5) is 14.3. The molecule has 85 heavy (non-hydrogen) atoms. The van der Waals surface area contributed by atoms with Crippen LogP contribution in [-0.4, -0.2) is 4.92 Å². The van der Waals surface area contributed by atoms with Crippen molar-refractivity contribution in [2.45, 2.75) is 70.8 Å². The minimum atomic E-state index is -0.445. The standard InChI is InChI=1S/C77H64Cl2FNO4/c1-4-52-21-32-60(33-22-52)71-42-29-57(48-74(71)77(2,3)65-18-9-6-10-19-65)46-64-50-72(73(47-56-13-11-16-61(45-56)58-14-7-5-8-15-58)75(81(82)83)76(64)85-70-40-36-67(79)37-41-70)63(43-53-23-30-59(31-24-53)62-17-12-20-68(80)49-62)44-54-27-38-69(39-28-54)84-51-55-25-34-66(78)35-26-55/h5-42,45,48-50,63H,4,43-44,46-47,51H2,1-3H3. The second kappa shape index (κ2) is 26.2. The van der Waals surface area contributed by atoms with Gasteiger partial charge in [-0.15, -0.1) is 0 Å². The molecule has 0 aliphatic carbocycles. The number of nitro benzene ring substituents is 1. The van der Waals surface area contributed by atoms with E-state index >= 15 is 0 Å². The Morgan fingerprint density at radius 3 is 1.68 bits per heavy atom. The van der Waals surface area contributed by atoms with E-state index in [1.807, 2.05) is 91.0 Å². The topological polar surface area (TPSA) is 61.6 Å². The molecule has 11 rings (SSSR count). The van der Waals surface area contributed by atoms with Crippen molar-refractivity contribution in [1.82, 2.24) is 0 Å². The quantitative estimate of drug-likeness (QED) is 0.0531. The van der Waals surface area contributed by atoms with E-state index in [-0.39, 0.29) is 34.5 Å². The van der Waals surface area contributed by atoms with Crippen molar-refractivity contribution in [2.75, 3.05) is 0 Å². The van der Waals surface area contributed by atoms with Gasteiger partial charge in [0.25, 0.3) is 0 Å². The lowest BCUT2D eigenvalue weighted by atomic mass is 9.74. The molecule has 8 heteroatoms. The molecule has 11 aromatic rings. The molecule has 0 saturated heterocycles. The van der Waals surface area contributed by atoms with Crippen LogP contribution in [-0.2, 0) is 44.1 Å². The van der Waals surface area contributed by atoms with Crippen LogP contribution in [0.4, 0.5) is 10.1 Å². The highest BCUT2D eigenvalue weighted by Gasteiger charge is 2.33. The molecule has 0 N–H and O–H groups in total. The van der Waals surface area contributed by atoms with Crippen molar-refractivity contribution >= 4 is 28.9 Å². The van der Waals surface area contributed by atoms with Gasteiger partial charge >= 0.3 is 5.69 Å². The van der Waals surface area contributed by atoms with E-state index in [1.165, 1.54) is 17.7 Å². The summed E-state index contributed by atoms with van der Waals surface area (Å²) < 4.78 is 27.8. The molecule has 0 spiro atoms. The minimum Gasteiger partial charge on any atom is -0.489 e. The van der Waals surface area contributed by atoms with Crippen molar-refractivity contribution in [3.05, 3.63) is 342 Å². The summed E-state index contributed by atoms with van der Waals surface area (Å²) in [6.07, 6.45) is 2.52. The van der Waals surface area contributed by atoms with Gasteiger partial charge in [-0.05, 0) is 169 Å². The molecule has 0 fully saturated rings. The number of ether oxygens (including phenoxy) is 2. The molecule has 0 amide bonds. The van der Waals surface area contributed by atoms with E-state index in [1.54, 1.807) is 30.3 Å². The Hall–Kier alpha value is -9.07. The second-order valence-corrected chi connectivity index (χ2v) is 23.2. The zero-order chi connectivity index (χ0) is 58.9. The average Bonchev–Trinajstić information content (AvgIpc) is 1.69. The average molecular weight is 1160 g/mol. The third-order valence-corrected chi connectivity index (χ3v) is 16.7. The summed E-state index contributed by atoms with van der Waals surface area (Å²) in [6.45, 7) is 7.06. The highest BCUT2D eigenvalue weighted by molar-refractivity contribution is 6.30. The number of halogens is 3. The molecule has 0 aromatic heterocycles. The van der Waals surface area contributed by atoms with Gasteiger partial charge in [-0.2, -0.15) is 0 Å². The van der Waals surface area contributed by atoms with Crippen molar-refractivity contribution in [3.8, 4) is 50.6 Å². The van der Waals surface area contributed by atoms with Crippen LogP contribution >= 0.6 is 23.2 Å². The number of nitrogens with zero attached hydrogens (tertiary/aromatic N) is 1. The summed E-state index contributed by atoms with van der Waals surface area (Å²) in [7, 11) is 0. The third kappa shape index (κ3) is 14.0. The SMILES string of the molecule is CCc1ccc(-c2ccc(Cc3cc(C(Cc4ccc(OCc5ccc(Cl)cc5)cc4)Cc4ccc(-c5cccc(F)c5)cc4)c(Cc4cccc(-c5ccccc5)c4)c([N+](=O)[O-])c3Oc3ccc(Cl)cc3)cc2C(C)(C)c2ccccc2)cc1. The fraction of sp³-hybridized carbons (Fsp3) is 0.143. The van der Waals surface area contributed by atoms with Crippen LogP contribution in [0.3, 0.4) is 0 Å². The van der Waals surface area contributed by atoms with Crippen LogP contribution in [0, 0.1) is 15.9 Å². The normalized spacial score (nSPS) is 11.7. The Balaban J connectivity index is 1.10. The highest BCUT2D eigenvalue weighted by Crippen LogP contribution is 2.47. The summed E-state index contributed by atoms with van der Waals surface area (Å²) in [5, 5.41) is 15.7. The van der Waals surface area contributed by atoms with Gasteiger partial charge in [0.05, 0.1) is 4.92 Å². The van der Waals surface area contributed by atoms with Gasteiger partial charge in [-0.1, -0.05) is 238 Å². The van der Waals surface area contributed by atoms with Crippen molar-refractivity contribution in [1.29, 1.82) is 0 Å². The van der Waals surface area contributed by atoms with Crippen LogP contribution in [0.1, 0.15) is 87.9 Å². The molecule has 422 valence electrons. The fourth-order valence-electron chi connectivity index (χ4n) is 11.5. The number of rotatable bonds is 21. The van der Waals surface area contributed by atoms with Crippen molar-refractivity contribution in [2.24, 2.45) is 0 Å². The first kappa shape index (κ1) is 57.7. The maximum atomic E-state index is 14.6. The van der Waals surface area contributed by atoms with Gasteiger partial charge in [0.2, 0.25) is 5.75 Å². The molecular weight excluding hydrogens is 1090 g/mol. The predicted molar refractivity (Wildman–Crippen MR) is 346 cm³/mol. The van der Waals surface area contributed by atoms with Gasteiger partial charge in [0, 0.05) is 39.4 Å². The maximum absolute atomic E-state index is 14.6. The Bertz CT molecular complexity index is 4080. The fourth-order valence-corrected chi connectivity index (χ4v) is 11.8. The summed E-state index contributed by atoms with van der Waals surface area (Å²) in [5.74, 6) is 0.691. The molecule has 0 radical (unpaired) electrons. The number of aryl methyl sites for hydroxylation is 1. The molecule has 0 saturated carbocycles. The summed E-state index contributed by atoms with van der Waals surface area (Å²) in [6, 6.07) is 84.2. The molecule has 1 atom stereocenters. The molecular formula is C77H64Cl2FNO4. The Morgan fingerprint density at radius 2 is 1.04 bits per heavy atom. The smallest absolute Gasteiger partial charge is 0.315 e. The van der Waals surface area contributed by atoms with Gasteiger partial charge < -0.3 is 9.47 Å². The van der Waals surface area contributed by atoms with Crippen LogP contribution < -0.4 is 9.47 Å². The highest BCUT2D eigenvalue weighted by atomic mass is 35.5. The van der Waals surface area contributed by atoms with Crippen LogP contribution in [0.15, 0.2) is 255 Å². The van der Waals surface area contributed by atoms with Gasteiger partial charge in [-0.25, -0.2) is 4.39 Å². The van der Waals surface area contributed by atoms with E-state index in [2.05, 4.69) is 142 Å². The van der Waals surface area contributed by atoms with Gasteiger partial charge in [0.1, 0.15) is 23.9 Å². The molecule has 0 bridgehead atoms. The lowest BCUT2D eigenvalue weighted by Gasteiger charge is -2.30. The number of hydrogen-bond donors (Lipinski definition) is 0. The third-order valence-electron chi connectivity index (χ3n) is 16.2. The van der Waals surface area contributed by atoms with Crippen molar-refractivity contribution in [3.63, 3.8) is 0 Å². The van der Waals surface area contributed by atoms with Crippen LogP contribution in [0.2, 0.25) is 10.0 Å². The summed E-state index contributed by atoms with van der Waals surface area (Å²) >= 11 is 12.7. The molecule has 11 aromatic carbocycles. The number of benzene rings is 11. The first-order valence-corrected chi connectivity index (χ1v) is 29.6. The van der Waals surface area contributed by atoms with E-state index in [0.717, 1.165) is 84.3 Å². The lowest BCUT2D eigenvalue weighted by Crippen LogP contribution is -2.20. The first-order valence-electron chi connectivity index (χ1n) is 28.8. The largest absolute Gasteiger partial charge is 0.489 e. The monoisotopic (exact) mass is 1160 g/mol. The van der Waals surface area contributed by atoms with E-state index in [9.17, 15) is 14.5 Å². The minimum absolute atomic E-state index is 0.0950.